The van der Waals surface area contributed by atoms with Crippen molar-refractivity contribution in [2.75, 3.05) is 11.9 Å². The summed E-state index contributed by atoms with van der Waals surface area (Å²) in [5.41, 5.74) is 2.01. The van der Waals surface area contributed by atoms with Crippen molar-refractivity contribution < 1.29 is 13.9 Å². The van der Waals surface area contributed by atoms with Crippen LogP contribution in [-0.4, -0.2) is 22.5 Å². The smallest absolute Gasteiger partial charge is 0.341 e. The van der Waals surface area contributed by atoms with Crippen molar-refractivity contribution in [2.24, 2.45) is 0 Å². The molecule has 0 aliphatic heterocycles. The van der Waals surface area contributed by atoms with E-state index >= 15 is 0 Å². The van der Waals surface area contributed by atoms with Gasteiger partial charge in [0, 0.05) is 22.3 Å². The van der Waals surface area contributed by atoms with Gasteiger partial charge < -0.3 is 10.1 Å². The lowest BCUT2D eigenvalue weighted by atomic mass is 10.1. The molecule has 0 amide bonds. The Morgan fingerprint density at radius 1 is 1.31 bits per heavy atom. The fourth-order valence-corrected chi connectivity index (χ4v) is 2.55. The van der Waals surface area contributed by atoms with E-state index in [1.54, 1.807) is 25.1 Å². The molecule has 0 aliphatic carbocycles. The zero-order valence-corrected chi connectivity index (χ0v) is 15.6. The Kier molecular flexibility index (Phi) is 6.34. The first-order valence-electron chi connectivity index (χ1n) is 7.65. The van der Waals surface area contributed by atoms with Gasteiger partial charge in [-0.15, -0.1) is 12.4 Å². The second kappa shape index (κ2) is 8.29. The molecule has 0 saturated carbocycles. The van der Waals surface area contributed by atoms with E-state index in [0.29, 0.717) is 16.7 Å². The number of fused-ring (bicyclic) bond motifs is 1. The van der Waals surface area contributed by atoms with Gasteiger partial charge in [0.15, 0.2) is 5.65 Å². The number of nitrogens with zero attached hydrogens (tertiary/aromatic N) is 2. The van der Waals surface area contributed by atoms with E-state index in [1.807, 2.05) is 6.92 Å². The van der Waals surface area contributed by atoms with Crippen LogP contribution in [0.25, 0.3) is 11.0 Å². The predicted molar refractivity (Wildman–Crippen MR) is 102 cm³/mol. The number of pyridine rings is 2. The zero-order valence-electron chi connectivity index (χ0n) is 14.0. The third-order valence-corrected chi connectivity index (χ3v) is 3.79. The third kappa shape index (κ3) is 4.03. The predicted octanol–water partition coefficient (Wildman–Crippen LogP) is 5.07. The average Bonchev–Trinajstić information content (AvgIpc) is 2.57. The van der Waals surface area contributed by atoms with Gasteiger partial charge >= 0.3 is 5.97 Å². The van der Waals surface area contributed by atoms with Gasteiger partial charge in [0.05, 0.1) is 18.0 Å². The Labute approximate surface area is 161 Å². The number of ether oxygens (including phenoxy) is 1. The number of nitrogens with one attached hydrogen (secondary N) is 1. The minimum atomic E-state index is -0.547. The first-order chi connectivity index (χ1) is 12.0. The Morgan fingerprint density at radius 2 is 2.08 bits per heavy atom. The molecule has 2 heterocycles. The highest BCUT2D eigenvalue weighted by Crippen LogP contribution is 2.31. The fourth-order valence-electron chi connectivity index (χ4n) is 2.40. The van der Waals surface area contributed by atoms with Crippen molar-refractivity contribution in [1.29, 1.82) is 0 Å². The van der Waals surface area contributed by atoms with E-state index in [-0.39, 0.29) is 35.3 Å². The SMILES string of the molecule is CCOC(=O)c1cnc2nc(C)ccc2c1Nc1ccc(Cl)cc1F.Cl. The Hall–Kier alpha value is -2.44. The summed E-state index contributed by atoms with van der Waals surface area (Å²) in [4.78, 5) is 20.8. The summed E-state index contributed by atoms with van der Waals surface area (Å²) < 4.78 is 19.3. The van der Waals surface area contributed by atoms with Crippen LogP contribution in [0.5, 0.6) is 0 Å². The van der Waals surface area contributed by atoms with Gasteiger partial charge in [0.2, 0.25) is 0 Å². The summed E-state index contributed by atoms with van der Waals surface area (Å²) in [6.45, 7) is 3.77. The maximum absolute atomic E-state index is 14.2. The van der Waals surface area contributed by atoms with Crippen LogP contribution in [0, 0.1) is 12.7 Å². The highest BCUT2D eigenvalue weighted by Gasteiger charge is 2.18. The number of halogens is 3. The van der Waals surface area contributed by atoms with Crippen molar-refractivity contribution in [3.63, 3.8) is 0 Å². The molecule has 3 aromatic rings. The Morgan fingerprint density at radius 3 is 2.77 bits per heavy atom. The molecule has 0 spiro atoms. The number of hydrogen-bond donors (Lipinski definition) is 1. The van der Waals surface area contributed by atoms with E-state index in [1.165, 1.54) is 18.3 Å². The molecule has 0 saturated heterocycles. The number of carbonyl (C=O) groups excluding carboxylic acids is 1. The average molecular weight is 396 g/mol. The molecule has 0 bridgehead atoms. The van der Waals surface area contributed by atoms with Crippen molar-refractivity contribution >= 4 is 52.4 Å². The van der Waals surface area contributed by atoms with E-state index in [4.69, 9.17) is 16.3 Å². The van der Waals surface area contributed by atoms with E-state index in [2.05, 4.69) is 15.3 Å². The highest BCUT2D eigenvalue weighted by molar-refractivity contribution is 6.30. The molecule has 1 N–H and O–H groups in total. The van der Waals surface area contributed by atoms with Crippen LogP contribution in [0.1, 0.15) is 23.0 Å². The number of aromatic nitrogens is 2. The van der Waals surface area contributed by atoms with Crippen molar-refractivity contribution in [3.8, 4) is 0 Å². The van der Waals surface area contributed by atoms with E-state index < -0.39 is 11.8 Å². The summed E-state index contributed by atoms with van der Waals surface area (Å²) >= 11 is 5.79. The minimum Gasteiger partial charge on any atom is -0.462 e. The first kappa shape index (κ1) is 19.9. The van der Waals surface area contributed by atoms with Crippen LogP contribution in [-0.2, 0) is 4.74 Å². The topological polar surface area (TPSA) is 64.1 Å². The maximum atomic E-state index is 14.2. The molecular weight excluding hydrogens is 380 g/mol. The Bertz CT molecular complexity index is 967. The summed E-state index contributed by atoms with van der Waals surface area (Å²) in [6.07, 6.45) is 1.38. The van der Waals surface area contributed by atoms with Gasteiger partial charge in [0.25, 0.3) is 0 Å². The van der Waals surface area contributed by atoms with Gasteiger partial charge in [-0.3, -0.25) is 0 Å². The number of carbonyl (C=O) groups is 1. The lowest BCUT2D eigenvalue weighted by Gasteiger charge is -2.14. The third-order valence-electron chi connectivity index (χ3n) is 3.56. The molecule has 0 fully saturated rings. The number of anilines is 2. The Balaban J connectivity index is 0.00000243. The summed E-state index contributed by atoms with van der Waals surface area (Å²) in [5, 5.41) is 3.83. The fraction of sp³-hybridized carbons (Fsp3) is 0.167. The minimum absolute atomic E-state index is 0. The van der Waals surface area contributed by atoms with Gasteiger partial charge in [-0.1, -0.05) is 11.6 Å². The normalized spacial score (nSPS) is 10.3. The number of hydrogen-bond acceptors (Lipinski definition) is 5. The van der Waals surface area contributed by atoms with Crippen LogP contribution in [0.2, 0.25) is 5.02 Å². The largest absolute Gasteiger partial charge is 0.462 e. The molecule has 136 valence electrons. The maximum Gasteiger partial charge on any atom is 0.341 e. The summed E-state index contributed by atoms with van der Waals surface area (Å²) in [6, 6.07) is 7.83. The second-order valence-corrected chi connectivity index (χ2v) is 5.78. The number of rotatable bonds is 4. The summed E-state index contributed by atoms with van der Waals surface area (Å²) in [5.74, 6) is -1.08. The monoisotopic (exact) mass is 395 g/mol. The molecule has 1 aromatic carbocycles. The van der Waals surface area contributed by atoms with Gasteiger partial charge in [-0.2, -0.15) is 0 Å². The molecule has 2 aromatic heterocycles. The van der Waals surface area contributed by atoms with Crippen LogP contribution in [0.15, 0.2) is 36.5 Å². The molecule has 8 heteroatoms. The molecule has 0 unspecified atom stereocenters. The molecule has 0 radical (unpaired) electrons. The second-order valence-electron chi connectivity index (χ2n) is 5.34. The number of benzene rings is 1. The van der Waals surface area contributed by atoms with Crippen LogP contribution in [0.4, 0.5) is 15.8 Å². The lowest BCUT2D eigenvalue weighted by Crippen LogP contribution is -2.10. The van der Waals surface area contributed by atoms with Crippen LogP contribution < -0.4 is 5.32 Å². The quantitative estimate of drug-likeness (QED) is 0.624. The van der Waals surface area contributed by atoms with Crippen molar-refractivity contribution in [3.05, 3.63) is 58.6 Å². The van der Waals surface area contributed by atoms with Crippen molar-refractivity contribution in [2.45, 2.75) is 13.8 Å². The van der Waals surface area contributed by atoms with E-state index in [9.17, 15) is 9.18 Å². The standard InChI is InChI=1S/C18H15ClFN3O2.ClH/c1-3-25-18(24)13-9-21-17-12(6-4-10(2)22-17)16(13)23-15-7-5-11(19)8-14(15)20;/h4-9H,3H2,1-2H3,(H,21,22,23);1H. The molecule has 0 aliphatic rings. The van der Waals surface area contributed by atoms with Crippen molar-refractivity contribution in [1.82, 2.24) is 9.97 Å². The van der Waals surface area contributed by atoms with Gasteiger partial charge in [-0.05, 0) is 44.2 Å². The van der Waals surface area contributed by atoms with Crippen LogP contribution in [0.3, 0.4) is 0 Å². The summed E-state index contributed by atoms with van der Waals surface area (Å²) in [7, 11) is 0. The zero-order chi connectivity index (χ0) is 18.0. The molecule has 5 nitrogen and oxygen atoms in total. The van der Waals surface area contributed by atoms with Gasteiger partial charge in [-0.25, -0.2) is 19.2 Å². The van der Waals surface area contributed by atoms with E-state index in [0.717, 1.165) is 5.69 Å². The molecular formula is C18H16Cl2FN3O2. The highest BCUT2D eigenvalue weighted by atomic mass is 35.5. The molecule has 3 rings (SSSR count). The lowest BCUT2D eigenvalue weighted by molar-refractivity contribution is 0.0527. The first-order valence-corrected chi connectivity index (χ1v) is 8.03. The van der Waals surface area contributed by atoms with Crippen LogP contribution >= 0.6 is 24.0 Å². The number of esters is 1. The number of aryl methyl sites for hydroxylation is 1. The molecule has 26 heavy (non-hydrogen) atoms. The van der Waals surface area contributed by atoms with Gasteiger partial charge in [0.1, 0.15) is 11.4 Å². The molecule has 0 atom stereocenters.